The second-order valence-electron chi connectivity index (χ2n) is 5.37. The van der Waals surface area contributed by atoms with Crippen LogP contribution < -0.4 is 4.74 Å². The molecule has 20 heavy (non-hydrogen) atoms. The van der Waals surface area contributed by atoms with E-state index in [2.05, 4.69) is 24.0 Å². The number of methoxy groups -OCH3 is 1. The summed E-state index contributed by atoms with van der Waals surface area (Å²) in [4.78, 5) is 13.5. The number of rotatable bonds is 5. The van der Waals surface area contributed by atoms with Crippen molar-refractivity contribution < 1.29 is 14.6 Å². The molecule has 1 heterocycles. The van der Waals surface area contributed by atoms with Crippen molar-refractivity contribution in [2.75, 3.05) is 20.2 Å². The van der Waals surface area contributed by atoms with Crippen LogP contribution in [-0.2, 0) is 4.79 Å². The van der Waals surface area contributed by atoms with Gasteiger partial charge in [0.15, 0.2) is 0 Å². The lowest BCUT2D eigenvalue weighted by Gasteiger charge is -2.37. The van der Waals surface area contributed by atoms with E-state index in [1.807, 2.05) is 12.1 Å². The molecule has 1 aliphatic rings. The first kappa shape index (κ1) is 14.9. The summed E-state index contributed by atoms with van der Waals surface area (Å²) >= 11 is 0. The average molecular weight is 277 g/mol. The van der Waals surface area contributed by atoms with E-state index in [1.54, 1.807) is 7.11 Å². The van der Waals surface area contributed by atoms with Crippen LogP contribution in [0.5, 0.6) is 5.75 Å². The molecule has 4 heteroatoms. The summed E-state index contributed by atoms with van der Waals surface area (Å²) in [5.74, 6) is -0.0497. The average Bonchev–Trinajstić information content (AvgIpc) is 2.48. The lowest BCUT2D eigenvalue weighted by atomic mass is 9.94. The quantitative estimate of drug-likeness (QED) is 0.899. The Kier molecular flexibility index (Phi) is 5.01. The van der Waals surface area contributed by atoms with E-state index in [1.165, 1.54) is 5.56 Å². The molecular formula is C16H23NO3. The number of hydrogen-bond donors (Lipinski definition) is 1. The molecule has 110 valence electrons. The Balaban J connectivity index is 2.16. The minimum Gasteiger partial charge on any atom is -0.497 e. The van der Waals surface area contributed by atoms with Crippen molar-refractivity contribution in [3.05, 3.63) is 29.8 Å². The fourth-order valence-corrected chi connectivity index (χ4v) is 3.04. The van der Waals surface area contributed by atoms with E-state index in [4.69, 9.17) is 4.74 Å². The van der Waals surface area contributed by atoms with Crippen molar-refractivity contribution in [1.29, 1.82) is 0 Å². The van der Waals surface area contributed by atoms with E-state index >= 15 is 0 Å². The van der Waals surface area contributed by atoms with Crippen molar-refractivity contribution in [3.8, 4) is 5.75 Å². The Hall–Kier alpha value is -1.55. The van der Waals surface area contributed by atoms with Crippen LogP contribution in [0.3, 0.4) is 0 Å². The molecule has 4 nitrogen and oxygen atoms in total. The van der Waals surface area contributed by atoms with E-state index in [0.29, 0.717) is 6.54 Å². The third-order valence-electron chi connectivity index (χ3n) is 4.11. The maximum Gasteiger partial charge on any atom is 0.307 e. The molecule has 0 aliphatic carbocycles. The van der Waals surface area contributed by atoms with Crippen LogP contribution in [0.15, 0.2) is 24.3 Å². The Morgan fingerprint density at radius 3 is 3.00 bits per heavy atom. The fourth-order valence-electron chi connectivity index (χ4n) is 3.04. The summed E-state index contributed by atoms with van der Waals surface area (Å²) in [5, 5.41) is 9.22. The number of benzene rings is 1. The molecule has 0 bridgehead atoms. The number of aliphatic carboxylic acids is 1. The smallest absolute Gasteiger partial charge is 0.307 e. The Labute approximate surface area is 120 Å². The predicted molar refractivity (Wildman–Crippen MR) is 78.0 cm³/mol. The zero-order valence-electron chi connectivity index (χ0n) is 12.2. The number of carboxylic acids is 1. The van der Waals surface area contributed by atoms with E-state index in [-0.39, 0.29) is 12.0 Å². The highest BCUT2D eigenvalue weighted by Crippen LogP contribution is 2.31. The first-order chi connectivity index (χ1) is 9.65. The standard InChI is InChI=1S/C16H23NO3/c1-3-15(12-6-4-8-14(10-12)20-2)17-9-5-7-13(11-17)16(18)19/h4,6,8,10,13,15H,3,5,7,9,11H2,1-2H3,(H,18,19). The van der Waals surface area contributed by atoms with Gasteiger partial charge in [0.1, 0.15) is 5.75 Å². The van der Waals surface area contributed by atoms with Crippen LogP contribution in [0.25, 0.3) is 0 Å². The number of carbonyl (C=O) groups is 1. The molecule has 0 saturated carbocycles. The minimum absolute atomic E-state index is 0.233. The minimum atomic E-state index is -0.671. The van der Waals surface area contributed by atoms with Crippen LogP contribution in [-0.4, -0.2) is 36.2 Å². The second kappa shape index (κ2) is 6.75. The van der Waals surface area contributed by atoms with Gasteiger partial charge in [0.25, 0.3) is 0 Å². The van der Waals surface area contributed by atoms with Gasteiger partial charge in [0.05, 0.1) is 13.0 Å². The number of ether oxygens (including phenoxy) is 1. The summed E-state index contributed by atoms with van der Waals surface area (Å²) in [6.07, 6.45) is 2.72. The third kappa shape index (κ3) is 3.31. The molecule has 0 amide bonds. The molecule has 2 atom stereocenters. The highest BCUT2D eigenvalue weighted by Gasteiger charge is 2.29. The van der Waals surface area contributed by atoms with Gasteiger partial charge in [0.2, 0.25) is 0 Å². The van der Waals surface area contributed by atoms with Crippen LogP contribution in [0.2, 0.25) is 0 Å². The van der Waals surface area contributed by atoms with Crippen molar-refractivity contribution in [2.45, 2.75) is 32.2 Å². The number of hydrogen-bond acceptors (Lipinski definition) is 3. The summed E-state index contributed by atoms with van der Waals surface area (Å²) in [6.45, 7) is 3.76. The first-order valence-electron chi connectivity index (χ1n) is 7.26. The molecule has 1 saturated heterocycles. The number of carboxylic acid groups (broad SMARTS) is 1. The predicted octanol–water partition coefficient (Wildman–Crippen LogP) is 2.94. The van der Waals surface area contributed by atoms with Gasteiger partial charge in [-0.15, -0.1) is 0 Å². The van der Waals surface area contributed by atoms with Gasteiger partial charge >= 0.3 is 5.97 Å². The lowest BCUT2D eigenvalue weighted by molar-refractivity contribution is -0.144. The number of piperidine rings is 1. The van der Waals surface area contributed by atoms with Gasteiger partial charge in [-0.25, -0.2) is 0 Å². The van der Waals surface area contributed by atoms with Crippen LogP contribution in [0.4, 0.5) is 0 Å². The first-order valence-corrected chi connectivity index (χ1v) is 7.26. The van der Waals surface area contributed by atoms with Gasteiger partial charge < -0.3 is 9.84 Å². The van der Waals surface area contributed by atoms with Crippen molar-refractivity contribution in [2.24, 2.45) is 5.92 Å². The molecule has 1 aromatic rings. The third-order valence-corrected chi connectivity index (χ3v) is 4.11. The summed E-state index contributed by atoms with van der Waals surface area (Å²) in [5.41, 5.74) is 1.21. The zero-order valence-corrected chi connectivity index (χ0v) is 12.2. The lowest BCUT2D eigenvalue weighted by Crippen LogP contribution is -2.40. The topological polar surface area (TPSA) is 49.8 Å². The highest BCUT2D eigenvalue weighted by molar-refractivity contribution is 5.70. The van der Waals surface area contributed by atoms with Crippen LogP contribution in [0, 0.1) is 5.92 Å². The summed E-state index contributed by atoms with van der Waals surface area (Å²) in [6, 6.07) is 8.36. The molecule has 0 radical (unpaired) electrons. The normalized spacial score (nSPS) is 21.4. The van der Waals surface area contributed by atoms with Crippen molar-refractivity contribution >= 4 is 5.97 Å². The van der Waals surface area contributed by atoms with Crippen molar-refractivity contribution in [1.82, 2.24) is 4.90 Å². The van der Waals surface area contributed by atoms with Gasteiger partial charge in [-0.1, -0.05) is 19.1 Å². The SMILES string of the molecule is CCC(c1cccc(OC)c1)N1CCCC(C(=O)O)C1. The second-order valence-corrected chi connectivity index (χ2v) is 5.37. The van der Waals surface area contributed by atoms with E-state index in [0.717, 1.165) is 31.6 Å². The maximum absolute atomic E-state index is 11.2. The molecule has 0 spiro atoms. The fraction of sp³-hybridized carbons (Fsp3) is 0.562. The zero-order chi connectivity index (χ0) is 14.5. The van der Waals surface area contributed by atoms with Gasteiger partial charge in [-0.3, -0.25) is 9.69 Å². The van der Waals surface area contributed by atoms with E-state index in [9.17, 15) is 9.90 Å². The summed E-state index contributed by atoms with van der Waals surface area (Å²) in [7, 11) is 1.67. The molecule has 1 N–H and O–H groups in total. The van der Waals surface area contributed by atoms with Gasteiger partial charge in [-0.05, 0) is 43.5 Å². The van der Waals surface area contributed by atoms with E-state index < -0.39 is 5.97 Å². The molecule has 2 rings (SSSR count). The van der Waals surface area contributed by atoms with Gasteiger partial charge in [0, 0.05) is 12.6 Å². The number of likely N-dealkylation sites (tertiary alicyclic amines) is 1. The number of nitrogens with zero attached hydrogens (tertiary/aromatic N) is 1. The highest BCUT2D eigenvalue weighted by atomic mass is 16.5. The molecule has 0 aromatic heterocycles. The van der Waals surface area contributed by atoms with Crippen LogP contribution in [0.1, 0.15) is 37.8 Å². The monoisotopic (exact) mass is 277 g/mol. The molecule has 1 aromatic carbocycles. The summed E-state index contributed by atoms with van der Waals surface area (Å²) < 4.78 is 5.28. The molecule has 2 unspecified atom stereocenters. The van der Waals surface area contributed by atoms with Gasteiger partial charge in [-0.2, -0.15) is 0 Å². The largest absolute Gasteiger partial charge is 0.497 e. The van der Waals surface area contributed by atoms with Crippen LogP contribution >= 0.6 is 0 Å². The molecule has 1 fully saturated rings. The Morgan fingerprint density at radius 1 is 1.55 bits per heavy atom. The van der Waals surface area contributed by atoms with Crippen molar-refractivity contribution in [3.63, 3.8) is 0 Å². The Morgan fingerprint density at radius 2 is 2.35 bits per heavy atom. The molecule has 1 aliphatic heterocycles. The maximum atomic E-state index is 11.2. The Bertz CT molecular complexity index is 461. The molecular weight excluding hydrogens is 254 g/mol.